The van der Waals surface area contributed by atoms with Gasteiger partial charge in [-0.2, -0.15) is 4.68 Å². The Morgan fingerprint density at radius 3 is 2.18 bits per heavy atom. The predicted octanol–water partition coefficient (Wildman–Crippen LogP) is 11.1. The lowest BCUT2D eigenvalue weighted by molar-refractivity contribution is -0.153. The lowest BCUT2D eigenvalue weighted by atomic mass is 10.0. The number of amides is 4. The molecule has 7 rings (SSSR count). The van der Waals surface area contributed by atoms with Crippen LogP contribution in [0, 0.1) is 0 Å². The minimum atomic E-state index is -4.09. The summed E-state index contributed by atoms with van der Waals surface area (Å²) in [6.07, 6.45) is 10.6. The maximum Gasteiger partial charge on any atom is 0.347 e. The molecule has 0 aliphatic heterocycles. The first-order valence-electron chi connectivity index (χ1n) is 24.8. The quantitative estimate of drug-likeness (QED) is 0.0109. The highest BCUT2D eigenvalue weighted by molar-refractivity contribution is 7.99. The summed E-state index contributed by atoms with van der Waals surface area (Å²) in [5.41, 5.74) is 6.32. The van der Waals surface area contributed by atoms with E-state index in [1.54, 1.807) is 60.7 Å². The van der Waals surface area contributed by atoms with Gasteiger partial charge in [0.2, 0.25) is 11.6 Å². The molecule has 0 radical (unpaired) electrons. The fourth-order valence-corrected chi connectivity index (χ4v) is 10.1. The maximum atomic E-state index is 14.1. The fraction of sp³-hybridized carbons (Fsp3) is 0.259. The number of fused-ring (bicyclic) bond motifs is 1. The summed E-state index contributed by atoms with van der Waals surface area (Å²) in [6, 6.07) is 30.1. The molecule has 6 aromatic carbocycles. The van der Waals surface area contributed by atoms with Crippen molar-refractivity contribution < 1.29 is 47.0 Å². The lowest BCUT2D eigenvalue weighted by Gasteiger charge is -2.15. The number of unbranched alkanes of at least 4 members (excludes halogenated alkanes) is 9. The van der Waals surface area contributed by atoms with Crippen molar-refractivity contribution >= 4 is 103 Å². The minimum Gasteiger partial charge on any atom is -0.506 e. The minimum absolute atomic E-state index is 0.00505. The second-order valence-electron chi connectivity index (χ2n) is 17.5. The SMILES string of the molecule is CCCCCCCCCCCCOC(=O)C(C)OC(=O)c1ccc(Cl)c(NC(=O)c2cc(Sc3nnnn3-c3ccccc3NC(=O)Nc3cccc(S(=O)(=O)Nc4ccc(NNC=O)cc4)c3)c3ccccc3c2O)c1. The molecule has 1 heterocycles. The van der Waals surface area contributed by atoms with Gasteiger partial charge in [0.25, 0.3) is 15.9 Å². The lowest BCUT2D eigenvalue weighted by Crippen LogP contribution is -2.26. The first kappa shape index (κ1) is 56.5. The van der Waals surface area contributed by atoms with Crippen molar-refractivity contribution in [2.24, 2.45) is 0 Å². The van der Waals surface area contributed by atoms with Crippen molar-refractivity contribution in [1.29, 1.82) is 0 Å². The van der Waals surface area contributed by atoms with Crippen LogP contribution in [0.25, 0.3) is 16.5 Å². The number of rotatable bonds is 27. The number of ether oxygens (including phenoxy) is 2. The maximum absolute atomic E-state index is 14.1. The molecule has 1 unspecified atom stereocenters. The largest absolute Gasteiger partial charge is 0.506 e. The molecule has 77 heavy (non-hydrogen) atoms. The molecule has 0 fully saturated rings. The zero-order chi connectivity index (χ0) is 54.7. The number of carbonyl (C=O) groups is 5. The zero-order valence-corrected chi connectivity index (χ0v) is 44.5. The Bertz CT molecular complexity index is 3330. The van der Waals surface area contributed by atoms with Crippen LogP contribution in [0.4, 0.5) is 33.2 Å². The summed E-state index contributed by atoms with van der Waals surface area (Å²) >= 11 is 7.57. The van der Waals surface area contributed by atoms with Gasteiger partial charge >= 0.3 is 18.0 Å². The number of benzene rings is 6. The Morgan fingerprint density at radius 1 is 0.753 bits per heavy atom. The number of anilines is 5. The van der Waals surface area contributed by atoms with Crippen LogP contribution >= 0.6 is 23.4 Å². The van der Waals surface area contributed by atoms with E-state index < -0.39 is 40.0 Å². The number of nitrogens with one attached hydrogen (secondary N) is 6. The summed E-state index contributed by atoms with van der Waals surface area (Å²) in [7, 11) is -4.09. The number of aromatic nitrogens is 4. The van der Waals surface area contributed by atoms with Crippen LogP contribution in [-0.2, 0) is 29.1 Å². The van der Waals surface area contributed by atoms with Crippen molar-refractivity contribution in [2.75, 3.05) is 32.7 Å². The second kappa shape index (κ2) is 27.5. The molecule has 0 aliphatic rings. The third-order valence-electron chi connectivity index (χ3n) is 11.9. The van der Waals surface area contributed by atoms with Crippen molar-refractivity contribution in [3.8, 4) is 11.4 Å². The number of phenols is 1. The van der Waals surface area contributed by atoms with Gasteiger partial charge in [0.15, 0.2) is 6.10 Å². The molecule has 23 heteroatoms. The molecule has 0 aliphatic carbocycles. The summed E-state index contributed by atoms with van der Waals surface area (Å²) < 4.78 is 41.2. The van der Waals surface area contributed by atoms with Gasteiger partial charge in [-0.25, -0.2) is 22.8 Å². The fourth-order valence-electron chi connectivity index (χ4n) is 7.91. The molecular weight excluding hydrogens is 1050 g/mol. The van der Waals surface area contributed by atoms with E-state index in [0.717, 1.165) is 31.0 Å². The van der Waals surface area contributed by atoms with Crippen LogP contribution in [0.15, 0.2) is 136 Å². The number of hydrogen-bond donors (Lipinski definition) is 7. The molecule has 402 valence electrons. The molecule has 0 saturated carbocycles. The van der Waals surface area contributed by atoms with Gasteiger partial charge in [0.05, 0.1) is 50.4 Å². The van der Waals surface area contributed by atoms with Crippen LogP contribution in [0.5, 0.6) is 5.75 Å². The van der Waals surface area contributed by atoms with E-state index in [-0.39, 0.29) is 61.3 Å². The Morgan fingerprint density at radius 2 is 1.44 bits per heavy atom. The van der Waals surface area contributed by atoms with E-state index >= 15 is 0 Å². The standard InChI is InChI=1S/C54H57ClN10O10S2/c1-3-4-5-6-7-8-9-10-11-16-30-74-51(69)35(2)75-52(70)36-24-29-44(55)46(31-36)58-50(68)43-33-48(41-20-12-13-21-42(41)49(43)67)76-54-61-63-64-65(54)47-23-15-14-22-45(47)59-53(71)57-39-18-17-19-40(32-39)77(72,73)62-38-27-25-37(26-28-38)60-56-34-66/h12-15,17-29,31-35,60,62,67H,3-11,16,30H2,1-2H3,(H,56,66)(H,58,68)(H2,57,59,71). The highest BCUT2D eigenvalue weighted by atomic mass is 35.5. The first-order chi connectivity index (χ1) is 37.2. The number of sulfonamides is 1. The highest BCUT2D eigenvalue weighted by Gasteiger charge is 2.25. The Balaban J connectivity index is 0.994. The highest BCUT2D eigenvalue weighted by Crippen LogP contribution is 2.40. The molecule has 7 N–H and O–H groups in total. The summed E-state index contributed by atoms with van der Waals surface area (Å²) in [4.78, 5) is 64.4. The van der Waals surface area contributed by atoms with Gasteiger partial charge < -0.3 is 30.5 Å². The number of halogens is 1. The van der Waals surface area contributed by atoms with Gasteiger partial charge in [0.1, 0.15) is 5.75 Å². The number of hydrogen-bond acceptors (Lipinski definition) is 15. The van der Waals surface area contributed by atoms with Crippen molar-refractivity contribution in [1.82, 2.24) is 25.6 Å². The number of esters is 2. The molecule has 0 bridgehead atoms. The Kier molecular flexibility index (Phi) is 20.2. The number of phenolic OH excluding ortho intramolecular Hbond substituents is 1. The van der Waals surface area contributed by atoms with Gasteiger partial charge in [-0.3, -0.25) is 25.2 Å². The molecular formula is C54H57ClN10O10S2. The van der Waals surface area contributed by atoms with Crippen LogP contribution in [0.1, 0.15) is 98.8 Å². The Labute approximate surface area is 454 Å². The third-order valence-corrected chi connectivity index (χ3v) is 14.6. The number of para-hydroxylation sites is 2. The van der Waals surface area contributed by atoms with E-state index in [2.05, 4.69) is 54.0 Å². The van der Waals surface area contributed by atoms with Crippen LogP contribution < -0.4 is 31.5 Å². The Hall–Kier alpha value is -8.21. The molecule has 1 atom stereocenters. The van der Waals surface area contributed by atoms with Crippen molar-refractivity contribution in [3.63, 3.8) is 0 Å². The van der Waals surface area contributed by atoms with E-state index in [0.29, 0.717) is 39.9 Å². The third kappa shape index (κ3) is 15.7. The average molecular weight is 1110 g/mol. The monoisotopic (exact) mass is 1100 g/mol. The topological polar surface area (TPSA) is 274 Å². The molecule has 1 aromatic heterocycles. The molecule has 4 amide bonds. The second-order valence-corrected chi connectivity index (χ2v) is 20.6. The summed E-state index contributed by atoms with van der Waals surface area (Å²) in [5.74, 6) is -2.64. The van der Waals surface area contributed by atoms with Crippen LogP contribution in [0.2, 0.25) is 5.02 Å². The molecule has 7 aromatic rings. The molecule has 0 saturated heterocycles. The van der Waals surface area contributed by atoms with Gasteiger partial charge in [-0.1, -0.05) is 119 Å². The average Bonchev–Trinajstić information content (AvgIpc) is 3.89. The summed E-state index contributed by atoms with van der Waals surface area (Å²) in [6.45, 7) is 3.85. The van der Waals surface area contributed by atoms with Crippen molar-refractivity contribution in [2.45, 2.75) is 99.1 Å². The number of aromatic hydroxyl groups is 1. The van der Waals surface area contributed by atoms with Gasteiger partial charge in [-0.15, -0.1) is 5.10 Å². The molecule has 20 nitrogen and oxygen atoms in total. The number of tetrazole rings is 1. The first-order valence-corrected chi connectivity index (χ1v) is 27.5. The van der Waals surface area contributed by atoms with Crippen molar-refractivity contribution in [3.05, 3.63) is 137 Å². The van der Waals surface area contributed by atoms with E-state index in [4.69, 9.17) is 21.1 Å². The zero-order valence-electron chi connectivity index (χ0n) is 42.1. The summed E-state index contributed by atoms with van der Waals surface area (Å²) in [5, 5.41) is 33.1. The van der Waals surface area contributed by atoms with Crippen LogP contribution in [-0.4, -0.2) is 76.7 Å². The van der Waals surface area contributed by atoms with E-state index in [1.165, 1.54) is 111 Å². The van der Waals surface area contributed by atoms with Crippen LogP contribution in [0.3, 0.4) is 0 Å². The molecule has 0 spiro atoms. The van der Waals surface area contributed by atoms with Gasteiger partial charge in [-0.05, 0) is 120 Å². The number of hydrazine groups is 1. The predicted molar refractivity (Wildman–Crippen MR) is 295 cm³/mol. The van der Waals surface area contributed by atoms with E-state index in [9.17, 15) is 37.5 Å². The van der Waals surface area contributed by atoms with E-state index in [1.807, 2.05) is 0 Å². The normalized spacial score (nSPS) is 11.5. The van der Waals surface area contributed by atoms with Gasteiger partial charge in [0, 0.05) is 21.7 Å². The smallest absolute Gasteiger partial charge is 0.347 e. The number of nitrogens with zero attached hydrogens (tertiary/aromatic N) is 4. The number of urea groups is 1. The number of carbonyl (C=O) groups excluding carboxylic acids is 5.